The average Bonchev–Trinajstić information content (AvgIpc) is 3.31. The molecule has 32 heavy (non-hydrogen) atoms. The highest BCUT2D eigenvalue weighted by Crippen LogP contribution is 2.40. The van der Waals surface area contributed by atoms with Crippen molar-refractivity contribution in [3.8, 4) is 11.5 Å². The Balaban J connectivity index is 1.26. The lowest BCUT2D eigenvalue weighted by molar-refractivity contribution is -0.135. The van der Waals surface area contributed by atoms with E-state index in [1.54, 1.807) is 0 Å². The van der Waals surface area contributed by atoms with Gasteiger partial charge in [0.15, 0.2) is 11.5 Å². The summed E-state index contributed by atoms with van der Waals surface area (Å²) in [4.78, 5) is 11.8. The Bertz CT molecular complexity index is 807. The van der Waals surface area contributed by atoms with E-state index in [1.165, 1.54) is 37.7 Å². The number of carbonyl (C=O) groups excluding carboxylic acids is 1. The first-order valence-electron chi connectivity index (χ1n) is 11.9. The van der Waals surface area contributed by atoms with Gasteiger partial charge in [0.1, 0.15) is 0 Å². The fourth-order valence-electron chi connectivity index (χ4n) is 4.60. The van der Waals surface area contributed by atoms with Gasteiger partial charge in [-0.15, -0.1) is 0 Å². The normalized spacial score (nSPS) is 21.9. The van der Waals surface area contributed by atoms with Crippen LogP contribution in [0, 0.1) is 17.8 Å². The third-order valence-electron chi connectivity index (χ3n) is 6.57. The van der Waals surface area contributed by atoms with Gasteiger partial charge in [-0.3, -0.25) is 10.0 Å². The van der Waals surface area contributed by atoms with E-state index in [0.29, 0.717) is 12.7 Å². The van der Waals surface area contributed by atoms with E-state index < -0.39 is 0 Å². The number of aryl methyl sites for hydroxylation is 1. The highest BCUT2D eigenvalue weighted by Gasteiger charge is 2.28. The van der Waals surface area contributed by atoms with Crippen molar-refractivity contribution in [2.75, 3.05) is 6.79 Å². The topological polar surface area (TPSA) is 67.8 Å². The summed E-state index contributed by atoms with van der Waals surface area (Å²) in [5, 5.41) is 9.69. The Labute approximate surface area is 200 Å². The molecule has 3 atom stereocenters. The van der Waals surface area contributed by atoms with Crippen LogP contribution >= 0.6 is 15.9 Å². The van der Waals surface area contributed by atoms with Crippen LogP contribution in [-0.4, -0.2) is 17.9 Å². The first kappa shape index (κ1) is 24.8. The maximum Gasteiger partial charge on any atom is 0.247 e. The number of fused-ring (bicyclic) bond motifs is 1. The average molecular weight is 506 g/mol. The lowest BCUT2D eigenvalue weighted by Gasteiger charge is -2.27. The molecule has 1 heterocycles. The second kappa shape index (κ2) is 13.0. The predicted octanol–water partition coefficient (Wildman–Crippen LogP) is 6.47. The molecule has 0 saturated carbocycles. The van der Waals surface area contributed by atoms with Crippen molar-refractivity contribution < 1.29 is 19.5 Å². The largest absolute Gasteiger partial charge is 0.453 e. The number of hydroxylamine groups is 1. The number of hydrogen-bond donors (Lipinski definition) is 2. The minimum absolute atomic E-state index is 0.133. The smallest absolute Gasteiger partial charge is 0.247 e. The summed E-state index contributed by atoms with van der Waals surface area (Å²) in [6.45, 7) is 2.35. The maximum atomic E-state index is 11.8. The van der Waals surface area contributed by atoms with E-state index in [9.17, 15) is 4.79 Å². The number of carbonyl (C=O) groups is 1. The Morgan fingerprint density at radius 3 is 2.59 bits per heavy atom. The van der Waals surface area contributed by atoms with Gasteiger partial charge in [0.05, 0.1) is 0 Å². The van der Waals surface area contributed by atoms with Crippen molar-refractivity contribution in [1.29, 1.82) is 0 Å². The van der Waals surface area contributed by atoms with Crippen LogP contribution in [0.25, 0.3) is 0 Å². The SMILES string of the molecule is CC1C=CC(CC=CCCCCCCCc2ccc(CBr)c3c2OCO3)CC1C(=O)NO. The standard InChI is InChI=1S/C26H36BrNO4/c1-19-12-13-20(16-23(19)26(29)28-30)10-8-6-4-2-3-5-7-9-11-21-14-15-22(17-27)25-24(21)31-18-32-25/h6,8,12-15,19-20,23,30H,2-5,7,9-11,16-18H2,1H3,(H,28,29). The zero-order valence-electron chi connectivity index (χ0n) is 19.0. The van der Waals surface area contributed by atoms with Crippen LogP contribution in [0.3, 0.4) is 0 Å². The third-order valence-corrected chi connectivity index (χ3v) is 7.18. The molecule has 1 aromatic rings. The summed E-state index contributed by atoms with van der Waals surface area (Å²) in [6.07, 6.45) is 18.9. The van der Waals surface area contributed by atoms with Crippen molar-refractivity contribution in [2.24, 2.45) is 17.8 Å². The zero-order valence-corrected chi connectivity index (χ0v) is 20.6. The molecule has 3 unspecified atom stereocenters. The molecule has 1 aliphatic heterocycles. The fourth-order valence-corrected chi connectivity index (χ4v) is 5.04. The molecule has 0 fully saturated rings. The molecule has 5 nitrogen and oxygen atoms in total. The first-order chi connectivity index (χ1) is 15.6. The Morgan fingerprint density at radius 2 is 1.81 bits per heavy atom. The van der Waals surface area contributed by atoms with Gasteiger partial charge in [-0.25, -0.2) is 5.48 Å². The van der Waals surface area contributed by atoms with E-state index in [1.807, 2.05) is 12.4 Å². The molecule has 2 N–H and O–H groups in total. The number of rotatable bonds is 12. The van der Waals surface area contributed by atoms with Gasteiger partial charge in [0.25, 0.3) is 0 Å². The van der Waals surface area contributed by atoms with Crippen LogP contribution in [0.4, 0.5) is 0 Å². The minimum Gasteiger partial charge on any atom is -0.453 e. The third kappa shape index (κ3) is 6.85. The van der Waals surface area contributed by atoms with Crippen LogP contribution in [0.5, 0.6) is 11.5 Å². The van der Waals surface area contributed by atoms with Gasteiger partial charge >= 0.3 is 0 Å². The molecule has 176 valence electrons. The summed E-state index contributed by atoms with van der Waals surface area (Å²) in [7, 11) is 0. The van der Waals surface area contributed by atoms with E-state index >= 15 is 0 Å². The van der Waals surface area contributed by atoms with Crippen molar-refractivity contribution in [1.82, 2.24) is 5.48 Å². The van der Waals surface area contributed by atoms with E-state index in [4.69, 9.17) is 14.7 Å². The van der Waals surface area contributed by atoms with E-state index in [2.05, 4.69) is 52.4 Å². The van der Waals surface area contributed by atoms with Gasteiger partial charge in [-0.2, -0.15) is 0 Å². The molecular formula is C26H36BrNO4. The fraction of sp³-hybridized carbons (Fsp3) is 0.577. The van der Waals surface area contributed by atoms with Crippen LogP contribution in [0.2, 0.25) is 0 Å². The van der Waals surface area contributed by atoms with Crippen LogP contribution in [0.15, 0.2) is 36.4 Å². The van der Waals surface area contributed by atoms with Crippen molar-refractivity contribution in [2.45, 2.75) is 70.0 Å². The highest BCUT2D eigenvalue weighted by atomic mass is 79.9. The van der Waals surface area contributed by atoms with Crippen LogP contribution in [-0.2, 0) is 16.5 Å². The van der Waals surface area contributed by atoms with Crippen molar-refractivity contribution in [3.63, 3.8) is 0 Å². The van der Waals surface area contributed by atoms with Crippen LogP contribution < -0.4 is 15.0 Å². The lowest BCUT2D eigenvalue weighted by atomic mass is 9.78. The Kier molecular flexibility index (Phi) is 10.1. The van der Waals surface area contributed by atoms with Gasteiger partial charge in [0, 0.05) is 16.8 Å². The number of ether oxygens (including phenoxy) is 2. The monoisotopic (exact) mass is 505 g/mol. The molecule has 1 aliphatic carbocycles. The van der Waals surface area contributed by atoms with Gasteiger partial charge in [0.2, 0.25) is 12.7 Å². The molecule has 0 spiro atoms. The summed E-state index contributed by atoms with van der Waals surface area (Å²) < 4.78 is 11.3. The first-order valence-corrected chi connectivity index (χ1v) is 13.0. The molecule has 1 amide bonds. The predicted molar refractivity (Wildman–Crippen MR) is 130 cm³/mol. The van der Waals surface area contributed by atoms with Gasteiger partial charge in [-0.05, 0) is 55.9 Å². The highest BCUT2D eigenvalue weighted by molar-refractivity contribution is 9.08. The summed E-state index contributed by atoms with van der Waals surface area (Å²) in [5.74, 6) is 2.01. The summed E-state index contributed by atoms with van der Waals surface area (Å²) in [5.41, 5.74) is 4.22. The molecule has 3 rings (SSSR count). The number of halogens is 1. The van der Waals surface area contributed by atoms with E-state index in [0.717, 1.165) is 48.1 Å². The molecule has 0 radical (unpaired) electrons. The lowest BCUT2D eigenvalue weighted by Crippen LogP contribution is -2.34. The van der Waals surface area contributed by atoms with Crippen molar-refractivity contribution >= 4 is 21.8 Å². The van der Waals surface area contributed by atoms with Crippen molar-refractivity contribution in [3.05, 3.63) is 47.6 Å². The number of allylic oxidation sites excluding steroid dienone is 4. The molecule has 1 aromatic carbocycles. The number of nitrogens with one attached hydrogen (secondary N) is 1. The summed E-state index contributed by atoms with van der Waals surface area (Å²) >= 11 is 3.51. The molecule has 0 bridgehead atoms. The number of benzene rings is 1. The quantitative estimate of drug-likeness (QED) is 0.112. The van der Waals surface area contributed by atoms with Crippen LogP contribution in [0.1, 0.15) is 69.4 Å². The molecule has 2 aliphatic rings. The number of alkyl halides is 1. The second-order valence-corrected chi connectivity index (χ2v) is 9.48. The number of amides is 1. The summed E-state index contributed by atoms with van der Waals surface area (Å²) in [6, 6.07) is 4.31. The second-order valence-electron chi connectivity index (χ2n) is 8.92. The Hall–Kier alpha value is -1.79. The molecule has 0 aromatic heterocycles. The van der Waals surface area contributed by atoms with Gasteiger partial charge < -0.3 is 9.47 Å². The Morgan fingerprint density at radius 1 is 1.09 bits per heavy atom. The molecular weight excluding hydrogens is 470 g/mol. The minimum atomic E-state index is -0.267. The number of hydrogen-bond acceptors (Lipinski definition) is 4. The maximum absolute atomic E-state index is 11.8. The zero-order chi connectivity index (χ0) is 22.8. The molecule has 0 saturated heterocycles. The van der Waals surface area contributed by atoms with Gasteiger partial charge in [-0.1, -0.05) is 78.6 Å². The van der Waals surface area contributed by atoms with E-state index in [-0.39, 0.29) is 17.7 Å². The molecule has 6 heteroatoms. The number of unbranched alkanes of at least 4 members (excludes halogenated alkanes) is 5.